The van der Waals surface area contributed by atoms with Gasteiger partial charge in [-0.05, 0) is 41.8 Å². The highest BCUT2D eigenvalue weighted by Crippen LogP contribution is 2.33. The van der Waals surface area contributed by atoms with Crippen molar-refractivity contribution in [2.24, 2.45) is 0 Å². The number of nitrogens with zero attached hydrogens (tertiary/aromatic N) is 2. The molecule has 0 spiro atoms. The molecule has 0 aliphatic carbocycles. The molecule has 0 amide bonds. The lowest BCUT2D eigenvalue weighted by atomic mass is 10.1. The Balaban J connectivity index is 1.20. The van der Waals surface area contributed by atoms with Crippen LogP contribution in [0.2, 0.25) is 0 Å². The third-order valence-corrected chi connectivity index (χ3v) is 5.82. The molecule has 0 saturated carbocycles. The molecule has 4 rings (SSSR count). The van der Waals surface area contributed by atoms with Crippen LogP contribution in [0.25, 0.3) is 0 Å². The summed E-state index contributed by atoms with van der Waals surface area (Å²) in [5.41, 5.74) is 2.34. The molecule has 2 aromatic rings. The van der Waals surface area contributed by atoms with Gasteiger partial charge in [-0.1, -0.05) is 18.2 Å². The molecule has 32 heavy (non-hydrogen) atoms. The van der Waals surface area contributed by atoms with Gasteiger partial charge in [0.2, 0.25) is 6.79 Å². The molecule has 7 nitrogen and oxygen atoms in total. The van der Waals surface area contributed by atoms with E-state index < -0.39 is 6.10 Å². The van der Waals surface area contributed by atoms with E-state index in [9.17, 15) is 5.11 Å². The lowest BCUT2D eigenvalue weighted by Gasteiger charge is -2.35. The lowest BCUT2D eigenvalue weighted by Crippen LogP contribution is -2.48. The molecule has 172 valence electrons. The molecule has 1 fully saturated rings. The standard InChI is InChI=1S/C25H32N2O5/c1-3-4-19-5-7-22(24(13-19)29-2)30-17-21(28)16-27-11-9-26(10-12-27)15-20-6-8-23-25(14-20)32-18-31-23/h3,5-8,13-14,21,28H,1,4,9-12,15-18H2,2H3/t21-/m0/s1. The van der Waals surface area contributed by atoms with Crippen molar-refractivity contribution in [3.8, 4) is 23.0 Å². The second-order valence-corrected chi connectivity index (χ2v) is 8.21. The fourth-order valence-electron chi connectivity index (χ4n) is 4.09. The van der Waals surface area contributed by atoms with Crippen LogP contribution < -0.4 is 18.9 Å². The summed E-state index contributed by atoms with van der Waals surface area (Å²) >= 11 is 0. The van der Waals surface area contributed by atoms with Crippen LogP contribution in [0.5, 0.6) is 23.0 Å². The van der Waals surface area contributed by atoms with Gasteiger partial charge in [0.1, 0.15) is 12.7 Å². The fraction of sp³-hybridized carbons (Fsp3) is 0.440. The van der Waals surface area contributed by atoms with Gasteiger partial charge < -0.3 is 24.1 Å². The van der Waals surface area contributed by atoms with Crippen LogP contribution in [-0.2, 0) is 13.0 Å². The van der Waals surface area contributed by atoms with E-state index >= 15 is 0 Å². The number of allylic oxidation sites excluding steroid dienone is 1. The number of aliphatic hydroxyl groups excluding tert-OH is 1. The SMILES string of the molecule is C=CCc1ccc(OC[C@@H](O)CN2CCN(Cc3ccc4c(c3)OCO4)CC2)c(OC)c1. The highest BCUT2D eigenvalue weighted by Gasteiger charge is 2.21. The Bertz CT molecular complexity index is 911. The first-order valence-electron chi connectivity index (χ1n) is 11.1. The predicted molar refractivity (Wildman–Crippen MR) is 123 cm³/mol. The van der Waals surface area contributed by atoms with Gasteiger partial charge in [-0.25, -0.2) is 0 Å². The zero-order chi connectivity index (χ0) is 22.3. The summed E-state index contributed by atoms with van der Waals surface area (Å²) in [5, 5.41) is 10.5. The summed E-state index contributed by atoms with van der Waals surface area (Å²) in [6, 6.07) is 12.0. The maximum Gasteiger partial charge on any atom is 0.231 e. The quantitative estimate of drug-likeness (QED) is 0.570. The summed E-state index contributed by atoms with van der Waals surface area (Å²) in [5.74, 6) is 2.97. The Morgan fingerprint density at radius 3 is 2.53 bits per heavy atom. The van der Waals surface area contributed by atoms with Gasteiger partial charge in [-0.15, -0.1) is 6.58 Å². The second-order valence-electron chi connectivity index (χ2n) is 8.21. The Kier molecular flexibility index (Phi) is 7.52. The number of methoxy groups -OCH3 is 1. The van der Waals surface area contributed by atoms with Crippen molar-refractivity contribution in [1.29, 1.82) is 0 Å². The van der Waals surface area contributed by atoms with Crippen molar-refractivity contribution < 1.29 is 24.1 Å². The van der Waals surface area contributed by atoms with Crippen LogP contribution in [-0.4, -0.2) is 74.2 Å². The monoisotopic (exact) mass is 440 g/mol. The van der Waals surface area contributed by atoms with E-state index in [1.54, 1.807) is 7.11 Å². The largest absolute Gasteiger partial charge is 0.493 e. The molecule has 1 atom stereocenters. The summed E-state index contributed by atoms with van der Waals surface area (Å²) in [7, 11) is 1.62. The minimum atomic E-state index is -0.562. The number of hydrogen-bond donors (Lipinski definition) is 1. The minimum Gasteiger partial charge on any atom is -0.493 e. The molecule has 0 radical (unpaired) electrons. The Labute approximate surface area is 189 Å². The summed E-state index contributed by atoms with van der Waals surface area (Å²) < 4.78 is 22.1. The number of aliphatic hydroxyl groups is 1. The van der Waals surface area contributed by atoms with E-state index in [1.807, 2.05) is 30.3 Å². The van der Waals surface area contributed by atoms with E-state index in [4.69, 9.17) is 18.9 Å². The van der Waals surface area contributed by atoms with E-state index in [-0.39, 0.29) is 6.61 Å². The molecule has 2 aliphatic heterocycles. The molecule has 0 unspecified atom stereocenters. The number of fused-ring (bicyclic) bond motifs is 1. The average molecular weight is 441 g/mol. The van der Waals surface area contributed by atoms with E-state index in [0.717, 1.165) is 56.2 Å². The molecular formula is C25H32N2O5. The van der Waals surface area contributed by atoms with Gasteiger partial charge >= 0.3 is 0 Å². The first-order chi connectivity index (χ1) is 15.6. The van der Waals surface area contributed by atoms with Crippen LogP contribution in [0.4, 0.5) is 0 Å². The number of ether oxygens (including phenoxy) is 4. The lowest BCUT2D eigenvalue weighted by molar-refractivity contribution is 0.0440. The third kappa shape index (κ3) is 5.73. The van der Waals surface area contributed by atoms with Gasteiger partial charge in [0, 0.05) is 39.3 Å². The molecule has 1 N–H and O–H groups in total. The summed E-state index contributed by atoms with van der Waals surface area (Å²) in [6.07, 6.45) is 2.07. The molecule has 0 aromatic heterocycles. The van der Waals surface area contributed by atoms with Crippen molar-refractivity contribution in [2.75, 3.05) is 53.2 Å². The third-order valence-electron chi connectivity index (χ3n) is 5.82. The first-order valence-corrected chi connectivity index (χ1v) is 11.1. The maximum atomic E-state index is 10.5. The first kappa shape index (κ1) is 22.5. The predicted octanol–water partition coefficient (Wildman–Crippen LogP) is 2.71. The fourth-order valence-corrected chi connectivity index (χ4v) is 4.09. The number of piperazine rings is 1. The van der Waals surface area contributed by atoms with E-state index in [1.165, 1.54) is 5.56 Å². The van der Waals surface area contributed by atoms with Crippen LogP contribution in [0.15, 0.2) is 49.1 Å². The zero-order valence-corrected chi connectivity index (χ0v) is 18.7. The van der Waals surface area contributed by atoms with Crippen molar-refractivity contribution >= 4 is 0 Å². The van der Waals surface area contributed by atoms with E-state index in [2.05, 4.69) is 28.5 Å². The van der Waals surface area contributed by atoms with Crippen LogP contribution in [0.1, 0.15) is 11.1 Å². The average Bonchev–Trinajstić information content (AvgIpc) is 3.27. The van der Waals surface area contributed by atoms with Gasteiger partial charge in [-0.2, -0.15) is 0 Å². The van der Waals surface area contributed by atoms with Gasteiger partial charge in [0.05, 0.1) is 7.11 Å². The highest BCUT2D eigenvalue weighted by atomic mass is 16.7. The molecule has 2 aromatic carbocycles. The topological polar surface area (TPSA) is 63.6 Å². The number of rotatable bonds is 10. The van der Waals surface area contributed by atoms with Crippen molar-refractivity contribution in [1.82, 2.24) is 9.80 Å². The normalized spacial score (nSPS) is 17.2. The van der Waals surface area contributed by atoms with Crippen LogP contribution >= 0.6 is 0 Å². The maximum absolute atomic E-state index is 10.5. The Morgan fingerprint density at radius 2 is 1.75 bits per heavy atom. The Morgan fingerprint density at radius 1 is 1.00 bits per heavy atom. The van der Waals surface area contributed by atoms with Crippen LogP contribution in [0.3, 0.4) is 0 Å². The molecule has 1 saturated heterocycles. The molecule has 2 aliphatic rings. The molecule has 2 heterocycles. The second kappa shape index (κ2) is 10.7. The zero-order valence-electron chi connectivity index (χ0n) is 18.7. The van der Waals surface area contributed by atoms with E-state index in [0.29, 0.717) is 24.8 Å². The molecular weight excluding hydrogens is 408 g/mol. The van der Waals surface area contributed by atoms with Gasteiger partial charge in [0.15, 0.2) is 23.0 Å². The smallest absolute Gasteiger partial charge is 0.231 e. The van der Waals surface area contributed by atoms with Crippen molar-refractivity contribution in [2.45, 2.75) is 19.1 Å². The minimum absolute atomic E-state index is 0.231. The number of β-amino-alcohol motifs (C(OH)–C–C–N with tert-alkyl or cyclic N) is 1. The molecule has 7 heteroatoms. The Hall–Kier alpha value is -2.74. The summed E-state index contributed by atoms with van der Waals surface area (Å²) in [4.78, 5) is 4.71. The number of hydrogen-bond acceptors (Lipinski definition) is 7. The molecule has 0 bridgehead atoms. The van der Waals surface area contributed by atoms with Crippen LogP contribution in [0, 0.1) is 0 Å². The summed E-state index contributed by atoms with van der Waals surface area (Å²) in [6.45, 7) is 9.53. The van der Waals surface area contributed by atoms with Crippen molar-refractivity contribution in [3.63, 3.8) is 0 Å². The van der Waals surface area contributed by atoms with Gasteiger partial charge in [0.25, 0.3) is 0 Å². The number of benzene rings is 2. The highest BCUT2D eigenvalue weighted by molar-refractivity contribution is 5.44. The van der Waals surface area contributed by atoms with Gasteiger partial charge in [-0.3, -0.25) is 9.80 Å². The van der Waals surface area contributed by atoms with Crippen molar-refractivity contribution in [3.05, 3.63) is 60.2 Å².